The third-order valence-electron chi connectivity index (χ3n) is 4.08. The summed E-state index contributed by atoms with van der Waals surface area (Å²) in [4.78, 5) is 23.5. The van der Waals surface area contributed by atoms with E-state index >= 15 is 0 Å². The highest BCUT2D eigenvalue weighted by atomic mass is 16.4. The average molecular weight is 299 g/mol. The molecule has 6 nitrogen and oxygen atoms in total. The lowest BCUT2D eigenvalue weighted by Gasteiger charge is -2.38. The van der Waals surface area contributed by atoms with Crippen molar-refractivity contribution in [2.24, 2.45) is 0 Å². The van der Waals surface area contributed by atoms with Crippen LogP contribution < -0.4 is 5.32 Å². The Bertz CT molecular complexity index is 714. The molecule has 0 radical (unpaired) electrons. The largest absolute Gasteiger partial charge is 0.480 e. The fraction of sp³-hybridized carbons (Fsp3) is 0.312. The predicted octanol–water partition coefficient (Wildman–Crippen LogP) is 1.92. The van der Waals surface area contributed by atoms with Crippen molar-refractivity contribution in [1.82, 2.24) is 15.1 Å². The Balaban J connectivity index is 1.75. The van der Waals surface area contributed by atoms with Crippen LogP contribution in [0.3, 0.4) is 0 Å². The number of hydrogen-bond donors (Lipinski definition) is 2. The van der Waals surface area contributed by atoms with Gasteiger partial charge in [0, 0.05) is 11.8 Å². The van der Waals surface area contributed by atoms with Crippen molar-refractivity contribution in [3.05, 3.63) is 47.8 Å². The van der Waals surface area contributed by atoms with E-state index in [1.165, 1.54) is 0 Å². The van der Waals surface area contributed by atoms with Gasteiger partial charge in [-0.15, -0.1) is 0 Å². The third kappa shape index (κ3) is 2.47. The van der Waals surface area contributed by atoms with E-state index in [1.54, 1.807) is 35.1 Å². The van der Waals surface area contributed by atoms with Gasteiger partial charge in [0.25, 0.3) is 5.91 Å². The zero-order chi connectivity index (χ0) is 15.7. The molecule has 2 N–H and O–H groups in total. The van der Waals surface area contributed by atoms with Crippen LogP contribution in [-0.2, 0) is 4.79 Å². The van der Waals surface area contributed by atoms with Gasteiger partial charge in [-0.05, 0) is 56.0 Å². The van der Waals surface area contributed by atoms with Crippen LogP contribution >= 0.6 is 0 Å². The molecule has 2 aromatic rings. The molecule has 1 aliphatic rings. The highest BCUT2D eigenvalue weighted by Gasteiger charge is 2.45. The summed E-state index contributed by atoms with van der Waals surface area (Å²) in [5, 5.41) is 16.1. The van der Waals surface area contributed by atoms with E-state index in [2.05, 4.69) is 10.4 Å². The topological polar surface area (TPSA) is 84.2 Å². The fourth-order valence-corrected chi connectivity index (χ4v) is 2.53. The second kappa shape index (κ2) is 5.29. The first kappa shape index (κ1) is 14.3. The van der Waals surface area contributed by atoms with Crippen LogP contribution in [0.25, 0.3) is 5.69 Å². The molecule has 1 aliphatic carbocycles. The van der Waals surface area contributed by atoms with Crippen molar-refractivity contribution in [2.75, 3.05) is 0 Å². The van der Waals surface area contributed by atoms with E-state index < -0.39 is 11.5 Å². The molecule has 0 spiro atoms. The molecular weight excluding hydrogens is 282 g/mol. The second-order valence-electron chi connectivity index (χ2n) is 5.70. The molecule has 1 amide bonds. The number of rotatable bonds is 4. The average Bonchev–Trinajstić information content (AvgIpc) is 2.89. The Hall–Kier alpha value is -2.63. The normalized spacial score (nSPS) is 15.9. The number of aliphatic carboxylic acids is 1. The van der Waals surface area contributed by atoms with Crippen molar-refractivity contribution < 1.29 is 14.7 Å². The second-order valence-corrected chi connectivity index (χ2v) is 5.70. The van der Waals surface area contributed by atoms with E-state index in [-0.39, 0.29) is 5.91 Å². The summed E-state index contributed by atoms with van der Waals surface area (Å²) < 4.78 is 1.72. The molecule has 1 aromatic carbocycles. The van der Waals surface area contributed by atoms with Crippen LogP contribution in [0, 0.1) is 6.92 Å². The first-order valence-corrected chi connectivity index (χ1v) is 7.18. The number of carbonyl (C=O) groups excluding carboxylic acids is 1. The van der Waals surface area contributed by atoms with Gasteiger partial charge in [-0.2, -0.15) is 5.10 Å². The van der Waals surface area contributed by atoms with E-state index in [0.29, 0.717) is 18.4 Å². The number of nitrogens with zero attached hydrogens (tertiary/aromatic N) is 2. The maximum atomic E-state index is 12.2. The molecule has 1 heterocycles. The Morgan fingerprint density at radius 3 is 2.41 bits per heavy atom. The Labute approximate surface area is 127 Å². The Kier molecular flexibility index (Phi) is 3.44. The molecule has 0 unspecified atom stereocenters. The smallest absolute Gasteiger partial charge is 0.329 e. The summed E-state index contributed by atoms with van der Waals surface area (Å²) in [7, 11) is 0. The van der Waals surface area contributed by atoms with E-state index in [0.717, 1.165) is 17.7 Å². The van der Waals surface area contributed by atoms with Crippen LogP contribution in [0.15, 0.2) is 36.7 Å². The highest BCUT2D eigenvalue weighted by molar-refractivity contribution is 5.98. The first-order valence-electron chi connectivity index (χ1n) is 7.18. The van der Waals surface area contributed by atoms with E-state index in [4.69, 9.17) is 0 Å². The minimum absolute atomic E-state index is 0.356. The monoisotopic (exact) mass is 299 g/mol. The van der Waals surface area contributed by atoms with E-state index in [9.17, 15) is 14.7 Å². The molecule has 1 saturated carbocycles. The van der Waals surface area contributed by atoms with Gasteiger partial charge in [-0.1, -0.05) is 0 Å². The minimum atomic E-state index is -1.09. The van der Waals surface area contributed by atoms with E-state index in [1.807, 2.05) is 13.1 Å². The van der Waals surface area contributed by atoms with Gasteiger partial charge in [-0.25, -0.2) is 9.48 Å². The molecule has 6 heteroatoms. The van der Waals surface area contributed by atoms with Gasteiger partial charge < -0.3 is 10.4 Å². The van der Waals surface area contributed by atoms with Crippen molar-refractivity contribution in [1.29, 1.82) is 0 Å². The zero-order valence-electron chi connectivity index (χ0n) is 12.2. The summed E-state index contributed by atoms with van der Waals surface area (Å²) in [5.74, 6) is -1.32. The van der Waals surface area contributed by atoms with Gasteiger partial charge in [0.15, 0.2) is 0 Å². The molecule has 0 aliphatic heterocycles. The molecule has 1 aromatic heterocycles. The molecule has 114 valence electrons. The summed E-state index contributed by atoms with van der Waals surface area (Å²) in [5.41, 5.74) is 1.26. The lowest BCUT2D eigenvalue weighted by molar-refractivity contribution is -0.148. The SMILES string of the molecule is Cc1cnn(-c2ccc(C(=O)NC3(C(=O)O)CCC3)cc2)c1. The van der Waals surface area contributed by atoms with Crippen molar-refractivity contribution in [3.63, 3.8) is 0 Å². The molecule has 0 bridgehead atoms. The number of aryl methyl sites for hydroxylation is 1. The molecular formula is C16H17N3O3. The highest BCUT2D eigenvalue weighted by Crippen LogP contribution is 2.32. The molecule has 0 atom stereocenters. The lowest BCUT2D eigenvalue weighted by atomic mass is 9.76. The predicted molar refractivity (Wildman–Crippen MR) is 80.0 cm³/mol. The third-order valence-corrected chi connectivity index (χ3v) is 4.08. The van der Waals surface area contributed by atoms with Crippen LogP contribution in [-0.4, -0.2) is 32.3 Å². The molecule has 0 saturated heterocycles. The van der Waals surface area contributed by atoms with Crippen LogP contribution in [0.5, 0.6) is 0 Å². The molecule has 22 heavy (non-hydrogen) atoms. The number of carbonyl (C=O) groups is 2. The summed E-state index contributed by atoms with van der Waals surface area (Å²) in [6.45, 7) is 1.95. The van der Waals surface area contributed by atoms with Crippen molar-refractivity contribution >= 4 is 11.9 Å². The van der Waals surface area contributed by atoms with Crippen molar-refractivity contribution in [2.45, 2.75) is 31.7 Å². The van der Waals surface area contributed by atoms with Crippen LogP contribution in [0.4, 0.5) is 0 Å². The number of amides is 1. The van der Waals surface area contributed by atoms with Crippen LogP contribution in [0.1, 0.15) is 35.2 Å². The summed E-state index contributed by atoms with van der Waals surface area (Å²) in [6, 6.07) is 6.93. The van der Waals surface area contributed by atoms with Crippen molar-refractivity contribution in [3.8, 4) is 5.69 Å². The maximum Gasteiger partial charge on any atom is 0.329 e. The number of benzene rings is 1. The molecule has 3 rings (SSSR count). The number of nitrogens with one attached hydrogen (secondary N) is 1. The van der Waals surface area contributed by atoms with Gasteiger partial charge in [0.1, 0.15) is 5.54 Å². The number of hydrogen-bond acceptors (Lipinski definition) is 3. The van der Waals surface area contributed by atoms with Crippen LogP contribution in [0.2, 0.25) is 0 Å². The fourth-order valence-electron chi connectivity index (χ4n) is 2.53. The Morgan fingerprint density at radius 1 is 1.27 bits per heavy atom. The van der Waals surface area contributed by atoms with Gasteiger partial charge >= 0.3 is 5.97 Å². The summed E-state index contributed by atoms with van der Waals surface area (Å²) in [6.07, 6.45) is 5.44. The standard InChI is InChI=1S/C16H17N3O3/c1-11-9-17-19(10-11)13-5-3-12(4-6-13)14(20)18-16(15(21)22)7-2-8-16/h3-6,9-10H,2,7-8H2,1H3,(H,18,20)(H,21,22). The summed E-state index contributed by atoms with van der Waals surface area (Å²) >= 11 is 0. The molecule has 1 fully saturated rings. The van der Waals surface area contributed by atoms with Gasteiger partial charge in [0.2, 0.25) is 0 Å². The Morgan fingerprint density at radius 2 is 1.95 bits per heavy atom. The van der Waals surface area contributed by atoms with Gasteiger partial charge in [-0.3, -0.25) is 4.79 Å². The lowest BCUT2D eigenvalue weighted by Crippen LogP contribution is -2.59. The number of carboxylic acids is 1. The van der Waals surface area contributed by atoms with Gasteiger partial charge in [0.05, 0.1) is 11.9 Å². The number of carboxylic acid groups (broad SMARTS) is 1. The number of aromatic nitrogens is 2. The maximum absolute atomic E-state index is 12.2. The minimum Gasteiger partial charge on any atom is -0.480 e. The quantitative estimate of drug-likeness (QED) is 0.903. The first-order chi connectivity index (χ1) is 10.5. The zero-order valence-corrected chi connectivity index (χ0v) is 12.2.